The number of ether oxygens (including phenoxy) is 2. The number of alkyl halides is 3. The van der Waals surface area contributed by atoms with E-state index in [1.165, 1.54) is 6.92 Å². The first-order valence-corrected chi connectivity index (χ1v) is 6.69. The van der Waals surface area contributed by atoms with Gasteiger partial charge in [0.15, 0.2) is 0 Å². The van der Waals surface area contributed by atoms with Gasteiger partial charge in [-0.15, -0.1) is 0 Å². The summed E-state index contributed by atoms with van der Waals surface area (Å²) in [6.45, 7) is 1.35. The van der Waals surface area contributed by atoms with Crippen molar-refractivity contribution in [1.82, 2.24) is 0 Å². The van der Waals surface area contributed by atoms with Crippen molar-refractivity contribution in [3.8, 4) is 0 Å². The molecule has 0 radical (unpaired) electrons. The first kappa shape index (κ1) is 15.1. The van der Waals surface area contributed by atoms with Gasteiger partial charge in [-0.3, -0.25) is 4.79 Å². The molecular weight excluding hydrogens is 277 g/mol. The molecule has 2 fully saturated rings. The Balaban J connectivity index is 1.88. The van der Waals surface area contributed by atoms with Crippen LogP contribution < -0.4 is 0 Å². The highest BCUT2D eigenvalue weighted by atomic mass is 19.4. The summed E-state index contributed by atoms with van der Waals surface area (Å²) in [7, 11) is 0. The molecule has 0 heterocycles. The molecule has 0 aromatic rings. The molecule has 0 amide bonds. The van der Waals surface area contributed by atoms with E-state index in [9.17, 15) is 22.8 Å². The van der Waals surface area contributed by atoms with Gasteiger partial charge in [-0.25, -0.2) is 4.79 Å². The minimum atomic E-state index is -4.94. The fourth-order valence-electron chi connectivity index (χ4n) is 3.37. The van der Waals surface area contributed by atoms with Crippen LogP contribution in [0.25, 0.3) is 0 Å². The summed E-state index contributed by atoms with van der Waals surface area (Å²) in [4.78, 5) is 21.8. The van der Waals surface area contributed by atoms with Gasteiger partial charge in [-0.05, 0) is 43.9 Å². The molecule has 114 valence electrons. The molecular formula is C13H17F3O4. The molecule has 0 spiro atoms. The normalized spacial score (nSPS) is 33.4. The van der Waals surface area contributed by atoms with Gasteiger partial charge in [-0.2, -0.15) is 13.2 Å². The quantitative estimate of drug-likeness (QED) is 0.735. The fraction of sp³-hybridized carbons (Fsp3) is 0.846. The molecule has 0 aliphatic heterocycles. The summed E-state index contributed by atoms with van der Waals surface area (Å²) in [5, 5.41) is 0. The highest BCUT2D eigenvalue weighted by Crippen LogP contribution is 2.42. The Kier molecular flexibility index (Phi) is 4.25. The number of rotatable bonds is 2. The van der Waals surface area contributed by atoms with Crippen molar-refractivity contribution in [3.63, 3.8) is 0 Å². The molecule has 4 nitrogen and oxygen atoms in total. The number of carbonyl (C=O) groups excluding carboxylic acids is 2. The number of hydrogen-bond acceptors (Lipinski definition) is 4. The van der Waals surface area contributed by atoms with Crippen molar-refractivity contribution in [2.45, 2.75) is 57.4 Å². The van der Waals surface area contributed by atoms with E-state index in [2.05, 4.69) is 4.74 Å². The summed E-state index contributed by atoms with van der Waals surface area (Å²) in [6, 6.07) is 0. The third-order valence-corrected chi connectivity index (χ3v) is 3.89. The number of halogens is 3. The third-order valence-electron chi connectivity index (χ3n) is 3.89. The number of fused-ring (bicyclic) bond motifs is 2. The molecule has 2 bridgehead atoms. The number of hydrogen-bond donors (Lipinski definition) is 0. The molecule has 2 saturated carbocycles. The van der Waals surface area contributed by atoms with E-state index >= 15 is 0 Å². The Morgan fingerprint density at radius 1 is 0.900 bits per heavy atom. The second-order valence-electron chi connectivity index (χ2n) is 5.67. The summed E-state index contributed by atoms with van der Waals surface area (Å²) >= 11 is 0. The minimum Gasteiger partial charge on any atom is -0.463 e. The van der Waals surface area contributed by atoms with Gasteiger partial charge in [0.25, 0.3) is 0 Å². The molecule has 0 aromatic carbocycles. The van der Waals surface area contributed by atoms with E-state index in [1.54, 1.807) is 0 Å². The molecule has 0 saturated heterocycles. The van der Waals surface area contributed by atoms with E-state index in [0.717, 1.165) is 6.42 Å². The van der Waals surface area contributed by atoms with Gasteiger partial charge >= 0.3 is 18.1 Å². The summed E-state index contributed by atoms with van der Waals surface area (Å²) in [6.07, 6.45) is -2.77. The lowest BCUT2D eigenvalue weighted by Crippen LogP contribution is -2.40. The number of esters is 2. The molecule has 2 aliphatic rings. The average molecular weight is 294 g/mol. The summed E-state index contributed by atoms with van der Waals surface area (Å²) in [5.74, 6) is -2.15. The molecule has 0 aromatic heterocycles. The maximum atomic E-state index is 12.2. The van der Waals surface area contributed by atoms with E-state index in [0.29, 0.717) is 25.7 Å². The third kappa shape index (κ3) is 3.86. The maximum absolute atomic E-state index is 12.2. The molecule has 7 heteroatoms. The lowest BCUT2D eigenvalue weighted by Gasteiger charge is -2.41. The van der Waals surface area contributed by atoms with Crippen LogP contribution in [0.15, 0.2) is 0 Å². The van der Waals surface area contributed by atoms with Crippen molar-refractivity contribution in [3.05, 3.63) is 0 Å². The van der Waals surface area contributed by atoms with Gasteiger partial charge in [-0.1, -0.05) is 0 Å². The Morgan fingerprint density at radius 3 is 1.75 bits per heavy atom. The SMILES string of the molecule is CC(=O)OC1C[C@@H]2CC(OC(=O)C(F)(F)F)C[C@H](C1)C2. The highest BCUT2D eigenvalue weighted by molar-refractivity contribution is 5.75. The molecule has 4 atom stereocenters. The fourth-order valence-corrected chi connectivity index (χ4v) is 3.37. The van der Waals surface area contributed by atoms with Gasteiger partial charge in [0.1, 0.15) is 12.2 Å². The van der Waals surface area contributed by atoms with Gasteiger partial charge in [0.2, 0.25) is 0 Å². The first-order chi connectivity index (χ1) is 9.24. The van der Waals surface area contributed by atoms with Crippen LogP contribution in [0, 0.1) is 11.8 Å². The maximum Gasteiger partial charge on any atom is 0.490 e. The zero-order valence-corrected chi connectivity index (χ0v) is 11.1. The lowest BCUT2D eigenvalue weighted by molar-refractivity contribution is -0.208. The zero-order chi connectivity index (χ0) is 14.9. The second-order valence-corrected chi connectivity index (χ2v) is 5.67. The van der Waals surface area contributed by atoms with E-state index < -0.39 is 18.2 Å². The smallest absolute Gasteiger partial charge is 0.463 e. The first-order valence-electron chi connectivity index (χ1n) is 6.69. The van der Waals surface area contributed by atoms with E-state index in [4.69, 9.17) is 4.74 Å². The Labute approximate surface area is 114 Å². The minimum absolute atomic E-state index is 0.151. The van der Waals surface area contributed by atoms with Crippen LogP contribution in [0.5, 0.6) is 0 Å². The van der Waals surface area contributed by atoms with Crippen molar-refractivity contribution >= 4 is 11.9 Å². The van der Waals surface area contributed by atoms with Crippen LogP contribution >= 0.6 is 0 Å². The van der Waals surface area contributed by atoms with Crippen LogP contribution in [-0.4, -0.2) is 30.3 Å². The topological polar surface area (TPSA) is 52.6 Å². The predicted molar refractivity (Wildman–Crippen MR) is 61.6 cm³/mol. The molecule has 20 heavy (non-hydrogen) atoms. The predicted octanol–water partition coefficient (Wildman–Crippen LogP) is 2.60. The average Bonchev–Trinajstić information content (AvgIpc) is 2.24. The van der Waals surface area contributed by atoms with Gasteiger partial charge < -0.3 is 9.47 Å². The van der Waals surface area contributed by atoms with E-state index in [1.807, 2.05) is 0 Å². The van der Waals surface area contributed by atoms with Gasteiger partial charge in [0.05, 0.1) is 0 Å². The highest BCUT2D eigenvalue weighted by Gasteiger charge is 2.45. The summed E-state index contributed by atoms with van der Waals surface area (Å²) in [5.41, 5.74) is 0. The van der Waals surface area contributed by atoms with Crippen LogP contribution in [0.2, 0.25) is 0 Å². The summed E-state index contributed by atoms with van der Waals surface area (Å²) < 4.78 is 46.2. The molecule has 2 aliphatic carbocycles. The Bertz CT molecular complexity index is 380. The second kappa shape index (κ2) is 5.61. The molecule has 2 unspecified atom stereocenters. The van der Waals surface area contributed by atoms with Crippen LogP contribution in [-0.2, 0) is 19.1 Å². The van der Waals surface area contributed by atoms with Crippen molar-refractivity contribution in [1.29, 1.82) is 0 Å². The van der Waals surface area contributed by atoms with Crippen LogP contribution in [0.3, 0.4) is 0 Å². The van der Waals surface area contributed by atoms with Gasteiger partial charge in [0, 0.05) is 6.92 Å². The van der Waals surface area contributed by atoms with Crippen LogP contribution in [0.4, 0.5) is 13.2 Å². The zero-order valence-electron chi connectivity index (χ0n) is 11.1. The van der Waals surface area contributed by atoms with Crippen molar-refractivity contribution in [2.75, 3.05) is 0 Å². The molecule has 0 N–H and O–H groups in total. The number of carbonyl (C=O) groups is 2. The van der Waals surface area contributed by atoms with Crippen LogP contribution in [0.1, 0.15) is 39.0 Å². The standard InChI is InChI=1S/C13H17F3O4/c1-7(17)19-10-3-8-2-9(4-10)6-11(5-8)20-12(18)13(14,15)16/h8-11H,2-6H2,1H3/t8-,9+,10?,11?. The lowest BCUT2D eigenvalue weighted by atomic mass is 9.70. The van der Waals surface area contributed by atoms with Crippen molar-refractivity contribution in [2.24, 2.45) is 11.8 Å². The van der Waals surface area contributed by atoms with E-state index in [-0.39, 0.29) is 23.9 Å². The monoisotopic (exact) mass is 294 g/mol. The Morgan fingerprint density at radius 2 is 1.35 bits per heavy atom. The largest absolute Gasteiger partial charge is 0.490 e. The Hall–Kier alpha value is -1.27. The molecule has 2 rings (SSSR count). The van der Waals surface area contributed by atoms with Crippen molar-refractivity contribution < 1.29 is 32.2 Å².